The Labute approximate surface area is 156 Å². The highest BCUT2D eigenvalue weighted by molar-refractivity contribution is 6.01. The molecule has 0 unspecified atom stereocenters. The van der Waals surface area contributed by atoms with Gasteiger partial charge in [0, 0.05) is 0 Å². The number of hydrogen-bond donors (Lipinski definition) is 2. The Balaban J connectivity index is 2.15. The van der Waals surface area contributed by atoms with Crippen LogP contribution in [-0.4, -0.2) is 25.0 Å². The van der Waals surface area contributed by atoms with E-state index in [-0.39, 0.29) is 18.7 Å². The van der Waals surface area contributed by atoms with Crippen LogP contribution >= 0.6 is 0 Å². The second-order valence-electron chi connectivity index (χ2n) is 5.33. The fourth-order valence-electron chi connectivity index (χ4n) is 2.14. The smallest absolute Gasteiger partial charge is 0.262 e. The number of primary amides is 1. The Morgan fingerprint density at radius 3 is 2.74 bits per heavy atom. The molecule has 2 rings (SSSR count). The Kier molecular flexibility index (Phi) is 7.02. The normalized spacial score (nSPS) is 10.7. The van der Waals surface area contributed by atoms with Crippen molar-refractivity contribution in [1.29, 1.82) is 5.26 Å². The highest BCUT2D eigenvalue weighted by atomic mass is 16.5. The zero-order valence-corrected chi connectivity index (χ0v) is 14.7. The number of nitrogens with one attached hydrogen (secondary N) is 1. The van der Waals surface area contributed by atoms with Gasteiger partial charge in [-0.15, -0.1) is 0 Å². The summed E-state index contributed by atoms with van der Waals surface area (Å²) in [6.07, 6.45) is 2.93. The average molecular weight is 369 g/mol. The van der Waals surface area contributed by atoms with Crippen molar-refractivity contribution in [3.8, 4) is 17.6 Å². The molecule has 0 radical (unpaired) electrons. The van der Waals surface area contributed by atoms with Gasteiger partial charge in [-0.1, -0.05) is 6.07 Å². The second-order valence-corrected chi connectivity index (χ2v) is 5.33. The van der Waals surface area contributed by atoms with Crippen molar-refractivity contribution in [3.05, 3.63) is 53.5 Å². The molecule has 0 fully saturated rings. The monoisotopic (exact) mass is 369 g/mol. The lowest BCUT2D eigenvalue weighted by molar-refractivity contribution is -0.120. The standard InChI is InChI=1S/C19H19N3O5/c1-2-25-17-9-13(5-6-16(17)27-12-18(21)23)8-14(10-20)19(24)22-11-15-4-3-7-26-15/h3-9H,2,11-12H2,1H3,(H2,21,23)(H,22,24)/b14-8-. The molecule has 0 aliphatic carbocycles. The number of carbonyl (C=O) groups is 2. The van der Waals surface area contributed by atoms with Crippen molar-refractivity contribution in [3.63, 3.8) is 0 Å². The van der Waals surface area contributed by atoms with Crippen molar-refractivity contribution in [2.75, 3.05) is 13.2 Å². The zero-order valence-electron chi connectivity index (χ0n) is 14.7. The number of amides is 2. The molecule has 1 aromatic heterocycles. The lowest BCUT2D eigenvalue weighted by Gasteiger charge is -2.11. The third-order valence-electron chi connectivity index (χ3n) is 3.32. The number of nitrogens with zero attached hydrogens (tertiary/aromatic N) is 1. The van der Waals surface area contributed by atoms with E-state index < -0.39 is 11.8 Å². The minimum Gasteiger partial charge on any atom is -0.490 e. The van der Waals surface area contributed by atoms with Crippen LogP contribution in [0, 0.1) is 11.3 Å². The Hall–Kier alpha value is -3.73. The molecule has 140 valence electrons. The SMILES string of the molecule is CCOc1cc(/C=C(/C#N)C(=O)NCc2ccco2)ccc1OCC(N)=O. The quantitative estimate of drug-likeness (QED) is 0.512. The fraction of sp³-hybridized carbons (Fsp3) is 0.211. The first-order valence-electron chi connectivity index (χ1n) is 8.13. The molecule has 3 N–H and O–H groups in total. The van der Waals surface area contributed by atoms with Crippen molar-refractivity contribution in [2.45, 2.75) is 13.5 Å². The summed E-state index contributed by atoms with van der Waals surface area (Å²) < 4.78 is 15.9. The minimum absolute atomic E-state index is 0.0743. The number of rotatable bonds is 9. The molecule has 8 nitrogen and oxygen atoms in total. The first-order chi connectivity index (χ1) is 13.0. The molecule has 27 heavy (non-hydrogen) atoms. The summed E-state index contributed by atoms with van der Waals surface area (Å²) in [5, 5.41) is 11.9. The maximum Gasteiger partial charge on any atom is 0.262 e. The molecule has 8 heteroatoms. The van der Waals surface area contributed by atoms with Gasteiger partial charge in [0.2, 0.25) is 0 Å². The number of nitrogens with two attached hydrogens (primary N) is 1. The fourth-order valence-corrected chi connectivity index (χ4v) is 2.14. The highest BCUT2D eigenvalue weighted by Gasteiger charge is 2.12. The Morgan fingerprint density at radius 1 is 1.30 bits per heavy atom. The van der Waals surface area contributed by atoms with E-state index in [9.17, 15) is 14.9 Å². The predicted molar refractivity (Wildman–Crippen MR) is 96.4 cm³/mol. The van der Waals surface area contributed by atoms with Gasteiger partial charge in [0.05, 0.1) is 19.4 Å². The van der Waals surface area contributed by atoms with Gasteiger partial charge in [-0.3, -0.25) is 9.59 Å². The van der Waals surface area contributed by atoms with E-state index in [0.717, 1.165) is 0 Å². The van der Waals surface area contributed by atoms with Crippen LogP contribution in [-0.2, 0) is 16.1 Å². The molecule has 0 aliphatic heterocycles. The summed E-state index contributed by atoms with van der Waals surface area (Å²) in [6.45, 7) is 2.06. The third-order valence-corrected chi connectivity index (χ3v) is 3.32. The molecule has 2 aromatic rings. The van der Waals surface area contributed by atoms with E-state index in [2.05, 4.69) is 5.32 Å². The molecule has 0 bridgehead atoms. The van der Waals surface area contributed by atoms with E-state index in [1.807, 2.05) is 6.07 Å². The van der Waals surface area contributed by atoms with E-state index >= 15 is 0 Å². The molecule has 0 atom stereocenters. The van der Waals surface area contributed by atoms with Gasteiger partial charge < -0.3 is 24.9 Å². The molecular formula is C19H19N3O5. The third kappa shape index (κ3) is 5.93. The molecule has 0 saturated heterocycles. The number of furan rings is 1. The van der Waals surface area contributed by atoms with Crippen LogP contribution in [0.1, 0.15) is 18.2 Å². The number of carbonyl (C=O) groups excluding carboxylic acids is 2. The van der Waals surface area contributed by atoms with E-state index in [1.165, 1.54) is 12.3 Å². The summed E-state index contributed by atoms with van der Waals surface area (Å²) in [5.41, 5.74) is 5.56. The average Bonchev–Trinajstić information content (AvgIpc) is 3.17. The van der Waals surface area contributed by atoms with Crippen LogP contribution < -0.4 is 20.5 Å². The van der Waals surface area contributed by atoms with Crippen molar-refractivity contribution in [1.82, 2.24) is 5.32 Å². The van der Waals surface area contributed by atoms with Crippen molar-refractivity contribution in [2.24, 2.45) is 5.73 Å². The Morgan fingerprint density at radius 2 is 2.11 bits per heavy atom. The highest BCUT2D eigenvalue weighted by Crippen LogP contribution is 2.29. The lowest BCUT2D eigenvalue weighted by Crippen LogP contribution is -2.23. The molecule has 2 amide bonds. The first kappa shape index (κ1) is 19.6. The van der Waals surface area contributed by atoms with Gasteiger partial charge >= 0.3 is 0 Å². The van der Waals surface area contributed by atoms with Gasteiger partial charge in [0.15, 0.2) is 18.1 Å². The number of hydrogen-bond acceptors (Lipinski definition) is 6. The summed E-state index contributed by atoms with van der Waals surface area (Å²) in [5.74, 6) is 0.159. The van der Waals surface area contributed by atoms with Crippen molar-refractivity contribution >= 4 is 17.9 Å². The van der Waals surface area contributed by atoms with Crippen LogP contribution in [0.3, 0.4) is 0 Å². The number of benzene rings is 1. The van der Waals surface area contributed by atoms with Crippen LogP contribution in [0.4, 0.5) is 0 Å². The van der Waals surface area contributed by atoms with Crippen LogP contribution in [0.25, 0.3) is 6.08 Å². The molecule has 0 aliphatic rings. The van der Waals surface area contributed by atoms with Gasteiger partial charge in [-0.2, -0.15) is 5.26 Å². The maximum absolute atomic E-state index is 12.2. The van der Waals surface area contributed by atoms with Crippen LogP contribution in [0.2, 0.25) is 0 Å². The number of ether oxygens (including phenoxy) is 2. The maximum atomic E-state index is 12.2. The molecular weight excluding hydrogens is 350 g/mol. The lowest BCUT2D eigenvalue weighted by atomic mass is 10.1. The largest absolute Gasteiger partial charge is 0.490 e. The summed E-state index contributed by atoms with van der Waals surface area (Å²) >= 11 is 0. The molecule has 0 saturated carbocycles. The van der Waals surface area contributed by atoms with E-state index in [4.69, 9.17) is 19.6 Å². The second kappa shape index (κ2) is 9.68. The first-order valence-corrected chi connectivity index (χ1v) is 8.13. The number of nitriles is 1. The van der Waals surface area contributed by atoms with Crippen LogP contribution in [0.5, 0.6) is 11.5 Å². The van der Waals surface area contributed by atoms with Crippen LogP contribution in [0.15, 0.2) is 46.6 Å². The summed E-state index contributed by atoms with van der Waals surface area (Å²) in [4.78, 5) is 23.1. The minimum atomic E-state index is -0.610. The molecule has 1 aromatic carbocycles. The van der Waals surface area contributed by atoms with Gasteiger partial charge in [-0.05, 0) is 42.8 Å². The topological polar surface area (TPSA) is 128 Å². The molecule has 1 heterocycles. The van der Waals surface area contributed by atoms with Gasteiger partial charge in [-0.25, -0.2) is 0 Å². The molecule has 0 spiro atoms. The predicted octanol–water partition coefficient (Wildman–Crippen LogP) is 1.77. The Bertz CT molecular complexity index is 866. The van der Waals surface area contributed by atoms with Gasteiger partial charge in [0.1, 0.15) is 17.4 Å². The summed E-state index contributed by atoms with van der Waals surface area (Å²) in [6, 6.07) is 10.1. The summed E-state index contributed by atoms with van der Waals surface area (Å²) in [7, 11) is 0. The van der Waals surface area contributed by atoms with E-state index in [1.54, 1.807) is 37.3 Å². The van der Waals surface area contributed by atoms with Gasteiger partial charge in [0.25, 0.3) is 11.8 Å². The van der Waals surface area contributed by atoms with Crippen molar-refractivity contribution < 1.29 is 23.5 Å². The zero-order chi connectivity index (χ0) is 19.6. The van der Waals surface area contributed by atoms with E-state index in [0.29, 0.717) is 29.4 Å².